The van der Waals surface area contributed by atoms with Gasteiger partial charge in [0.2, 0.25) is 0 Å². The molecule has 0 atom stereocenters. The molecule has 108 heavy (non-hydrogen) atoms. The molecular formula is C84H180O24. The number of unbranched alkanes of at least 4 members (excludes halogenated alkanes) is 54. The fourth-order valence-corrected chi connectivity index (χ4v) is 10.4. The van der Waals surface area contributed by atoms with Gasteiger partial charge < -0.3 is 107 Å². The average Bonchev–Trinajstić information content (AvgIpc) is 2.94. The van der Waals surface area contributed by atoms with Crippen molar-refractivity contribution in [1.82, 2.24) is 0 Å². The molecule has 0 saturated carbocycles. The summed E-state index contributed by atoms with van der Waals surface area (Å²) in [5, 5.41) is 170. The van der Waals surface area contributed by atoms with Crippen LogP contribution in [0.1, 0.15) is 406 Å². The lowest BCUT2D eigenvalue weighted by Crippen LogP contribution is -2.15. The summed E-state index contributed by atoms with van der Waals surface area (Å²) >= 11 is 0. The van der Waals surface area contributed by atoms with E-state index < -0.39 is 54.5 Å². The quantitative estimate of drug-likeness (QED) is 0.0251. The van der Waals surface area contributed by atoms with E-state index in [1.807, 2.05) is 0 Å². The Morgan fingerprint density at radius 3 is 0.287 bits per heavy atom. The van der Waals surface area contributed by atoms with Gasteiger partial charge >= 0.3 is 17.9 Å². The lowest BCUT2D eigenvalue weighted by molar-refractivity contribution is -0.138. The summed E-state index contributed by atoms with van der Waals surface area (Å²) in [6.07, 6.45) is 72.6. The van der Waals surface area contributed by atoms with Crippen molar-refractivity contribution in [3.05, 3.63) is 0 Å². The van der Waals surface area contributed by atoms with Gasteiger partial charge in [0.25, 0.3) is 0 Å². The highest BCUT2D eigenvalue weighted by Crippen LogP contribution is 2.19. The average molecular weight is 1570 g/mol. The van der Waals surface area contributed by atoms with E-state index in [1.54, 1.807) is 0 Å². The van der Waals surface area contributed by atoms with Gasteiger partial charge in [-0.25, -0.2) is 0 Å². The van der Waals surface area contributed by atoms with E-state index in [2.05, 4.69) is 20.8 Å². The number of rotatable bonds is 72. The maximum absolute atomic E-state index is 10.4. The van der Waals surface area contributed by atoms with E-state index in [1.165, 1.54) is 327 Å². The molecular weight excluding hydrogens is 1390 g/mol. The van der Waals surface area contributed by atoms with E-state index >= 15 is 0 Å². The van der Waals surface area contributed by atoms with Crippen LogP contribution >= 0.6 is 0 Å². The van der Waals surface area contributed by atoms with Crippen LogP contribution in [0, 0.1) is 0 Å². The van der Waals surface area contributed by atoms with Crippen molar-refractivity contribution < 1.29 is 122 Å². The Kier molecular flexibility index (Phi) is 138. The Labute approximate surface area is 658 Å². The van der Waals surface area contributed by atoms with E-state index in [0.29, 0.717) is 19.3 Å². The van der Waals surface area contributed by atoms with Crippen LogP contribution < -0.4 is 0 Å². The van der Waals surface area contributed by atoms with Gasteiger partial charge in [-0.2, -0.15) is 0 Å². The molecule has 0 aromatic heterocycles. The van der Waals surface area contributed by atoms with Gasteiger partial charge in [0.05, 0.1) is 79.3 Å². The van der Waals surface area contributed by atoms with Crippen molar-refractivity contribution in [2.24, 2.45) is 0 Å². The van der Waals surface area contributed by atoms with Crippen LogP contribution in [0.4, 0.5) is 0 Å². The molecule has 24 nitrogen and oxygen atoms in total. The SMILES string of the molecule is CCCCCCCCCCCCCCCCCCCCCC(=O)O.CCCCCCCCCCCCCCCCCCCCCC(=O)O.CCCCCCCCCCCCCCCCCCCCCC(=O)O.OCC(O)CO.OCC(O)CO.OCC(O)CO.OCC(O)CO.OCC(O)CO.OCC(O)CO. The number of aliphatic hydroxyl groups excluding tert-OH is 18. The van der Waals surface area contributed by atoms with Crippen molar-refractivity contribution >= 4 is 17.9 Å². The second-order valence-corrected chi connectivity index (χ2v) is 28.6. The Bertz CT molecular complexity index is 1300. The minimum atomic E-state index is -0.954. The molecule has 0 radical (unpaired) electrons. The molecule has 0 aliphatic heterocycles. The third-order valence-corrected chi connectivity index (χ3v) is 17.5. The van der Waals surface area contributed by atoms with Gasteiger partial charge in [0.1, 0.15) is 36.6 Å². The normalized spacial score (nSPS) is 10.7. The summed E-state index contributed by atoms with van der Waals surface area (Å²) in [5.74, 6) is -1.95. The van der Waals surface area contributed by atoms with Gasteiger partial charge in [0, 0.05) is 19.3 Å². The molecule has 0 aliphatic rings. The third kappa shape index (κ3) is 152. The lowest BCUT2D eigenvalue weighted by atomic mass is 10.0. The molecule has 0 aromatic rings. The molecule has 0 amide bonds. The molecule has 24 heteroatoms. The zero-order chi connectivity index (χ0) is 83.1. The van der Waals surface area contributed by atoms with Crippen LogP contribution in [0.15, 0.2) is 0 Å². The summed E-state index contributed by atoms with van der Waals surface area (Å²) in [5.41, 5.74) is 0. The predicted molar refractivity (Wildman–Crippen MR) is 438 cm³/mol. The van der Waals surface area contributed by atoms with Crippen molar-refractivity contribution in [2.45, 2.75) is 443 Å². The zero-order valence-corrected chi connectivity index (χ0v) is 69.5. The van der Waals surface area contributed by atoms with Gasteiger partial charge in [-0.05, 0) is 19.3 Å². The molecule has 0 spiro atoms. The topological polar surface area (TPSA) is 476 Å². The first-order chi connectivity index (χ1) is 52.2. The van der Waals surface area contributed by atoms with Gasteiger partial charge in [0.15, 0.2) is 0 Å². The highest BCUT2D eigenvalue weighted by atomic mass is 16.4. The van der Waals surface area contributed by atoms with Gasteiger partial charge in [-0.15, -0.1) is 0 Å². The number of aliphatic carboxylic acids is 3. The maximum Gasteiger partial charge on any atom is 0.303 e. The molecule has 0 aromatic carbocycles. The molecule has 0 aliphatic carbocycles. The van der Waals surface area contributed by atoms with Crippen LogP contribution in [0.3, 0.4) is 0 Å². The highest BCUT2D eigenvalue weighted by Gasteiger charge is 2.04. The van der Waals surface area contributed by atoms with Crippen LogP contribution in [-0.4, -0.2) is 241 Å². The number of hydrogen-bond donors (Lipinski definition) is 21. The summed E-state index contributed by atoms with van der Waals surface area (Å²) < 4.78 is 0. The third-order valence-electron chi connectivity index (χ3n) is 17.5. The Morgan fingerprint density at radius 2 is 0.231 bits per heavy atom. The minimum absolute atomic E-state index is 0.346. The van der Waals surface area contributed by atoms with E-state index in [4.69, 9.17) is 107 Å². The maximum atomic E-state index is 10.4. The van der Waals surface area contributed by atoms with Crippen LogP contribution in [-0.2, 0) is 14.4 Å². The summed E-state index contributed by atoms with van der Waals surface area (Å²) in [6.45, 7) is 2.47. The fraction of sp³-hybridized carbons (Fsp3) is 0.964. The van der Waals surface area contributed by atoms with Crippen molar-refractivity contribution in [3.63, 3.8) is 0 Å². The first-order valence-electron chi connectivity index (χ1n) is 43.2. The predicted octanol–water partition coefficient (Wildman–Crippen LogP) is 13.7. The molecule has 0 fully saturated rings. The van der Waals surface area contributed by atoms with Gasteiger partial charge in [-0.1, -0.05) is 367 Å². The molecule has 0 bridgehead atoms. The minimum Gasteiger partial charge on any atom is -0.481 e. The van der Waals surface area contributed by atoms with Crippen LogP contribution in [0.2, 0.25) is 0 Å². The Hall–Kier alpha value is -2.31. The second kappa shape index (κ2) is 120. The van der Waals surface area contributed by atoms with Crippen molar-refractivity contribution in [3.8, 4) is 0 Å². The molecule has 0 heterocycles. The lowest BCUT2D eigenvalue weighted by Gasteiger charge is -2.03. The number of carboxylic acids is 3. The number of carbonyl (C=O) groups is 3. The fourth-order valence-electron chi connectivity index (χ4n) is 10.4. The molecule has 21 N–H and O–H groups in total. The monoisotopic (exact) mass is 1570 g/mol. The molecule has 0 rings (SSSR count). The van der Waals surface area contributed by atoms with Crippen LogP contribution in [0.5, 0.6) is 0 Å². The van der Waals surface area contributed by atoms with Crippen molar-refractivity contribution in [2.75, 3.05) is 79.3 Å². The van der Waals surface area contributed by atoms with E-state index in [-0.39, 0.29) is 79.3 Å². The number of carboxylic acid groups (broad SMARTS) is 3. The first-order valence-corrected chi connectivity index (χ1v) is 43.2. The number of hydrogen-bond acceptors (Lipinski definition) is 21. The highest BCUT2D eigenvalue weighted by molar-refractivity contribution is 5.67. The zero-order valence-electron chi connectivity index (χ0n) is 69.5. The Morgan fingerprint density at radius 1 is 0.157 bits per heavy atom. The van der Waals surface area contributed by atoms with Crippen molar-refractivity contribution in [1.29, 1.82) is 0 Å². The van der Waals surface area contributed by atoms with Gasteiger partial charge in [-0.3, -0.25) is 14.4 Å². The smallest absolute Gasteiger partial charge is 0.303 e. The Balaban J connectivity index is -0.000000158. The second-order valence-electron chi connectivity index (χ2n) is 28.6. The number of aliphatic hydroxyl groups is 18. The summed E-state index contributed by atoms with van der Waals surface area (Å²) in [6, 6.07) is 0. The standard InChI is InChI=1S/3C22H44O2.6C3H8O3/c3*1-2-3-4-5-6-7-8-9-10-11-12-13-14-15-16-17-18-19-20-21-22(23)24;6*4-1-3(6)2-5/h3*2-21H2,1H3,(H,23,24);6*3-6H,1-2H2. The molecule has 660 valence electrons. The molecule has 0 unspecified atom stereocenters. The largest absolute Gasteiger partial charge is 0.481 e. The summed E-state index contributed by atoms with van der Waals surface area (Å²) in [4.78, 5) is 31.1. The first kappa shape index (κ1) is 124. The van der Waals surface area contributed by atoms with E-state index in [9.17, 15) is 14.4 Å². The molecule has 0 saturated heterocycles. The van der Waals surface area contributed by atoms with E-state index in [0.717, 1.165) is 38.5 Å². The van der Waals surface area contributed by atoms with Crippen LogP contribution in [0.25, 0.3) is 0 Å². The summed E-state index contributed by atoms with van der Waals surface area (Å²) in [7, 11) is 0.